The van der Waals surface area contributed by atoms with Gasteiger partial charge in [0.05, 0.1) is 4.90 Å². The van der Waals surface area contributed by atoms with E-state index >= 15 is 0 Å². The quantitative estimate of drug-likeness (QED) is 0.664. The number of amides is 1. The second-order valence-corrected chi connectivity index (χ2v) is 9.18. The van der Waals surface area contributed by atoms with Crippen LogP contribution < -0.4 is 5.32 Å². The summed E-state index contributed by atoms with van der Waals surface area (Å²) < 4.78 is 27.8. The number of nitrogens with one attached hydrogen (secondary N) is 1. The van der Waals surface area contributed by atoms with Crippen molar-refractivity contribution in [3.05, 3.63) is 95.3 Å². The Morgan fingerprint density at radius 3 is 2.57 bits per heavy atom. The molecule has 7 heteroatoms. The third kappa shape index (κ3) is 4.42. The van der Waals surface area contributed by atoms with Gasteiger partial charge in [0.1, 0.15) is 0 Å². The fourth-order valence-electron chi connectivity index (χ4n) is 3.59. The molecule has 1 aromatic heterocycles. The Bertz CT molecular complexity index is 1150. The summed E-state index contributed by atoms with van der Waals surface area (Å²) in [6.07, 6.45) is 4.79. The number of hydrogen-bond donors (Lipinski definition) is 1. The summed E-state index contributed by atoms with van der Waals surface area (Å²) in [5.74, 6) is -0.287. The van der Waals surface area contributed by atoms with Crippen molar-refractivity contribution in [3.8, 4) is 0 Å². The first-order valence-corrected chi connectivity index (χ1v) is 11.3. The Morgan fingerprint density at radius 2 is 1.77 bits per heavy atom. The number of carbonyl (C=O) groups excluding carboxylic acids is 1. The summed E-state index contributed by atoms with van der Waals surface area (Å²) in [6.45, 7) is 1.24. The van der Waals surface area contributed by atoms with Crippen LogP contribution in [-0.2, 0) is 29.4 Å². The minimum absolute atomic E-state index is 0.142. The van der Waals surface area contributed by atoms with E-state index in [-0.39, 0.29) is 10.8 Å². The molecule has 1 aliphatic heterocycles. The highest BCUT2D eigenvalue weighted by Gasteiger charge is 2.28. The molecule has 2 heterocycles. The van der Waals surface area contributed by atoms with Crippen LogP contribution in [0, 0.1) is 0 Å². The van der Waals surface area contributed by atoms with Gasteiger partial charge in [0.2, 0.25) is 10.0 Å². The van der Waals surface area contributed by atoms with Crippen molar-refractivity contribution in [1.29, 1.82) is 0 Å². The van der Waals surface area contributed by atoms with Gasteiger partial charge in [-0.1, -0.05) is 30.3 Å². The lowest BCUT2D eigenvalue weighted by Gasteiger charge is -2.28. The normalized spacial score (nSPS) is 14.1. The monoisotopic (exact) mass is 421 g/mol. The SMILES string of the molecule is O=C(NCCc1ccncc1)c1cccc(S(=O)(=O)N2CCc3ccccc3C2)c1. The van der Waals surface area contributed by atoms with Crippen molar-refractivity contribution >= 4 is 15.9 Å². The number of sulfonamides is 1. The lowest BCUT2D eigenvalue weighted by Crippen LogP contribution is -2.36. The molecule has 30 heavy (non-hydrogen) atoms. The second kappa shape index (κ2) is 8.77. The standard InChI is InChI=1S/C23H23N3O3S/c27-23(25-14-10-18-8-12-24-13-9-18)20-6-3-7-22(16-20)30(28,29)26-15-11-19-4-1-2-5-21(19)17-26/h1-9,12-13,16H,10-11,14-15,17H2,(H,25,27). The highest BCUT2D eigenvalue weighted by atomic mass is 32.2. The predicted octanol–water partition coefficient (Wildman–Crippen LogP) is 2.80. The van der Waals surface area contributed by atoms with Crippen LogP contribution in [0.15, 0.2) is 78.0 Å². The van der Waals surface area contributed by atoms with Crippen molar-refractivity contribution in [2.75, 3.05) is 13.1 Å². The van der Waals surface area contributed by atoms with Crippen molar-refractivity contribution in [1.82, 2.24) is 14.6 Å². The Morgan fingerprint density at radius 1 is 1.00 bits per heavy atom. The van der Waals surface area contributed by atoms with Gasteiger partial charge in [-0.2, -0.15) is 4.31 Å². The molecule has 0 saturated carbocycles. The van der Waals surface area contributed by atoms with Gasteiger partial charge in [0.25, 0.3) is 5.91 Å². The number of hydrogen-bond acceptors (Lipinski definition) is 4. The molecule has 0 fully saturated rings. The number of carbonyl (C=O) groups is 1. The topological polar surface area (TPSA) is 79.4 Å². The Labute approximate surface area is 176 Å². The molecule has 154 valence electrons. The number of benzene rings is 2. The minimum Gasteiger partial charge on any atom is -0.352 e. The van der Waals surface area contributed by atoms with Crippen LogP contribution in [0.4, 0.5) is 0 Å². The van der Waals surface area contributed by atoms with Gasteiger partial charge in [-0.3, -0.25) is 9.78 Å². The molecule has 0 aliphatic carbocycles. The Balaban J connectivity index is 1.45. The van der Waals surface area contributed by atoms with Crippen LogP contribution in [0.2, 0.25) is 0 Å². The van der Waals surface area contributed by atoms with Crippen molar-refractivity contribution in [2.45, 2.75) is 24.3 Å². The summed E-state index contributed by atoms with van der Waals surface area (Å²) in [5, 5.41) is 2.85. The fraction of sp³-hybridized carbons (Fsp3) is 0.217. The van der Waals surface area contributed by atoms with E-state index in [9.17, 15) is 13.2 Å². The molecule has 0 atom stereocenters. The Hall–Kier alpha value is -3.03. The smallest absolute Gasteiger partial charge is 0.251 e. The third-order valence-corrected chi connectivity index (χ3v) is 7.12. The highest BCUT2D eigenvalue weighted by Crippen LogP contribution is 2.25. The van der Waals surface area contributed by atoms with Gasteiger partial charge in [0, 0.05) is 37.6 Å². The summed E-state index contributed by atoms with van der Waals surface area (Å²) in [5.41, 5.74) is 3.62. The van der Waals surface area contributed by atoms with E-state index in [0.29, 0.717) is 38.0 Å². The van der Waals surface area contributed by atoms with Crippen LogP contribution >= 0.6 is 0 Å². The van der Waals surface area contributed by atoms with Gasteiger partial charge >= 0.3 is 0 Å². The number of pyridine rings is 1. The van der Waals surface area contributed by atoms with E-state index in [1.165, 1.54) is 15.9 Å². The largest absolute Gasteiger partial charge is 0.352 e. The van der Waals surface area contributed by atoms with E-state index in [0.717, 1.165) is 11.1 Å². The van der Waals surface area contributed by atoms with Crippen molar-refractivity contribution in [3.63, 3.8) is 0 Å². The maximum atomic E-state index is 13.2. The van der Waals surface area contributed by atoms with Crippen LogP contribution in [0.5, 0.6) is 0 Å². The molecular formula is C23H23N3O3S. The van der Waals surface area contributed by atoms with Crippen molar-refractivity contribution < 1.29 is 13.2 Å². The van der Waals surface area contributed by atoms with E-state index in [1.807, 2.05) is 36.4 Å². The molecule has 0 bridgehead atoms. The lowest BCUT2D eigenvalue weighted by atomic mass is 10.0. The molecule has 4 rings (SSSR count). The number of fused-ring (bicyclic) bond motifs is 1. The maximum absolute atomic E-state index is 13.2. The van der Waals surface area contributed by atoms with Gasteiger partial charge in [0.15, 0.2) is 0 Å². The molecule has 1 aliphatic rings. The third-order valence-electron chi connectivity index (χ3n) is 5.28. The molecule has 0 saturated heterocycles. The molecule has 1 amide bonds. The number of rotatable bonds is 6. The van der Waals surface area contributed by atoms with E-state index < -0.39 is 10.0 Å². The zero-order chi connectivity index (χ0) is 21.0. The number of aromatic nitrogens is 1. The first-order chi connectivity index (χ1) is 14.5. The summed E-state index contributed by atoms with van der Waals surface area (Å²) in [7, 11) is -3.68. The van der Waals surface area contributed by atoms with Gasteiger partial charge in [-0.25, -0.2) is 8.42 Å². The molecule has 1 N–H and O–H groups in total. The highest BCUT2D eigenvalue weighted by molar-refractivity contribution is 7.89. The first-order valence-electron chi connectivity index (χ1n) is 9.88. The van der Waals surface area contributed by atoms with Crippen LogP contribution in [0.25, 0.3) is 0 Å². The molecule has 2 aromatic carbocycles. The van der Waals surface area contributed by atoms with Crippen molar-refractivity contribution in [2.24, 2.45) is 0 Å². The molecular weight excluding hydrogens is 398 g/mol. The average Bonchev–Trinajstić information content (AvgIpc) is 2.79. The van der Waals surface area contributed by atoms with Gasteiger partial charge in [-0.05, 0) is 59.9 Å². The van der Waals surface area contributed by atoms with E-state index in [2.05, 4.69) is 10.3 Å². The summed E-state index contributed by atoms with van der Waals surface area (Å²) in [4.78, 5) is 16.6. The first kappa shape index (κ1) is 20.3. The Kier molecular flexibility index (Phi) is 5.92. The predicted molar refractivity (Wildman–Crippen MR) is 114 cm³/mol. The molecule has 0 unspecified atom stereocenters. The molecule has 3 aromatic rings. The number of nitrogens with zero attached hydrogens (tertiary/aromatic N) is 2. The zero-order valence-corrected chi connectivity index (χ0v) is 17.3. The van der Waals surface area contributed by atoms with Crippen LogP contribution in [0.1, 0.15) is 27.0 Å². The maximum Gasteiger partial charge on any atom is 0.251 e. The van der Waals surface area contributed by atoms with Gasteiger partial charge in [-0.15, -0.1) is 0 Å². The summed E-state index contributed by atoms with van der Waals surface area (Å²) in [6, 6.07) is 17.9. The molecule has 6 nitrogen and oxygen atoms in total. The molecule has 0 spiro atoms. The molecule has 0 radical (unpaired) electrons. The fourth-order valence-corrected chi connectivity index (χ4v) is 5.06. The minimum atomic E-state index is -3.68. The van der Waals surface area contributed by atoms with E-state index in [4.69, 9.17) is 0 Å². The van der Waals surface area contributed by atoms with E-state index in [1.54, 1.807) is 30.6 Å². The van der Waals surface area contributed by atoms with Crippen LogP contribution in [0.3, 0.4) is 0 Å². The second-order valence-electron chi connectivity index (χ2n) is 7.25. The van der Waals surface area contributed by atoms with Crippen LogP contribution in [-0.4, -0.2) is 36.7 Å². The summed E-state index contributed by atoms with van der Waals surface area (Å²) >= 11 is 0. The van der Waals surface area contributed by atoms with Gasteiger partial charge < -0.3 is 5.32 Å². The lowest BCUT2D eigenvalue weighted by molar-refractivity contribution is 0.0954. The zero-order valence-electron chi connectivity index (χ0n) is 16.5. The average molecular weight is 422 g/mol.